The number of rotatable bonds is 5. The third kappa shape index (κ3) is 4.13. The van der Waals surface area contributed by atoms with Crippen LogP contribution in [-0.4, -0.2) is 36.7 Å². The van der Waals surface area contributed by atoms with Gasteiger partial charge >= 0.3 is 0 Å². The summed E-state index contributed by atoms with van der Waals surface area (Å²) in [5.74, 6) is 0.219. The van der Waals surface area contributed by atoms with Crippen molar-refractivity contribution in [3.63, 3.8) is 0 Å². The van der Waals surface area contributed by atoms with Crippen LogP contribution in [0.2, 0.25) is 0 Å². The Morgan fingerprint density at radius 2 is 1.83 bits per heavy atom. The van der Waals surface area contributed by atoms with Crippen LogP contribution in [0.4, 0.5) is 5.69 Å². The lowest BCUT2D eigenvalue weighted by Gasteiger charge is -2.20. The van der Waals surface area contributed by atoms with Crippen LogP contribution >= 0.6 is 23.2 Å². The van der Waals surface area contributed by atoms with Gasteiger partial charge in [-0.15, -0.1) is 23.2 Å². The molecule has 1 N–H and O–H groups in total. The molecule has 0 bridgehead atoms. The van der Waals surface area contributed by atoms with Crippen LogP contribution in [0.5, 0.6) is 0 Å². The zero-order valence-corrected chi connectivity index (χ0v) is 15.3. The molecular weight excluding hydrogens is 355 g/mol. The van der Waals surface area contributed by atoms with Crippen LogP contribution in [-0.2, 0) is 10.0 Å². The molecule has 1 aromatic rings. The summed E-state index contributed by atoms with van der Waals surface area (Å²) in [5, 5.41) is 3.24. The minimum Gasteiger partial charge on any atom is -0.385 e. The number of alkyl halides is 2. The highest BCUT2D eigenvalue weighted by Gasteiger charge is 2.51. The fourth-order valence-electron chi connectivity index (χ4n) is 2.93. The predicted molar refractivity (Wildman–Crippen MR) is 94.7 cm³/mol. The zero-order valence-electron chi connectivity index (χ0n) is 13.0. The Morgan fingerprint density at radius 3 is 2.43 bits per heavy atom. The number of benzene rings is 1. The molecule has 1 saturated heterocycles. The highest BCUT2D eigenvalue weighted by Crippen LogP contribution is 2.52. The van der Waals surface area contributed by atoms with E-state index in [1.54, 1.807) is 22.5 Å². The van der Waals surface area contributed by atoms with Crippen molar-refractivity contribution in [1.82, 2.24) is 4.31 Å². The number of hydrogen-bond donors (Lipinski definition) is 1. The summed E-state index contributed by atoms with van der Waals surface area (Å²) in [6.45, 7) is 1.88. The lowest BCUT2D eigenvalue weighted by atomic mass is 10.2. The van der Waals surface area contributed by atoms with Gasteiger partial charge in [-0.25, -0.2) is 8.42 Å². The molecule has 2 aliphatic rings. The molecule has 3 rings (SSSR count). The minimum absolute atomic E-state index is 0.219. The first kappa shape index (κ1) is 17.3. The first-order chi connectivity index (χ1) is 10.9. The third-order valence-corrected chi connectivity index (χ3v) is 7.37. The maximum absolute atomic E-state index is 12.8. The van der Waals surface area contributed by atoms with E-state index in [2.05, 4.69) is 5.32 Å². The summed E-state index contributed by atoms with van der Waals surface area (Å²) in [4.78, 5) is 0.350. The Labute approximate surface area is 148 Å². The fraction of sp³-hybridized carbons (Fsp3) is 0.625. The summed E-state index contributed by atoms with van der Waals surface area (Å²) in [6.07, 6.45) is 4.86. The van der Waals surface area contributed by atoms with Gasteiger partial charge in [-0.1, -0.05) is 18.9 Å². The molecule has 1 heterocycles. The second-order valence-electron chi connectivity index (χ2n) is 6.39. The van der Waals surface area contributed by atoms with E-state index in [9.17, 15) is 8.42 Å². The Hall–Kier alpha value is -0.490. The summed E-state index contributed by atoms with van der Waals surface area (Å²) >= 11 is 12.0. The van der Waals surface area contributed by atoms with Crippen LogP contribution in [0, 0.1) is 5.92 Å². The predicted octanol–water partition coefficient (Wildman–Crippen LogP) is 3.86. The van der Waals surface area contributed by atoms with Gasteiger partial charge in [-0.05, 0) is 37.5 Å². The minimum atomic E-state index is -3.41. The van der Waals surface area contributed by atoms with Gasteiger partial charge in [0, 0.05) is 31.2 Å². The zero-order chi connectivity index (χ0) is 16.5. The van der Waals surface area contributed by atoms with E-state index in [0.29, 0.717) is 24.5 Å². The van der Waals surface area contributed by atoms with Crippen LogP contribution in [0.15, 0.2) is 29.2 Å². The number of nitrogens with zero attached hydrogens (tertiary/aromatic N) is 1. The van der Waals surface area contributed by atoms with E-state index in [-0.39, 0.29) is 5.92 Å². The summed E-state index contributed by atoms with van der Waals surface area (Å²) < 4.78 is 26.6. The number of nitrogens with one attached hydrogen (secondary N) is 1. The maximum atomic E-state index is 12.8. The van der Waals surface area contributed by atoms with Gasteiger partial charge in [0.1, 0.15) is 4.33 Å². The number of hydrogen-bond acceptors (Lipinski definition) is 3. The molecule has 1 aliphatic heterocycles. The normalized spacial score (nSPS) is 24.9. The number of sulfonamides is 1. The average molecular weight is 377 g/mol. The van der Waals surface area contributed by atoms with Gasteiger partial charge in [0.05, 0.1) is 4.90 Å². The van der Waals surface area contributed by atoms with E-state index in [4.69, 9.17) is 23.2 Å². The van der Waals surface area contributed by atoms with E-state index in [0.717, 1.165) is 37.8 Å². The molecule has 1 aromatic carbocycles. The van der Waals surface area contributed by atoms with Crippen molar-refractivity contribution < 1.29 is 8.42 Å². The standard InChI is InChI=1S/C16H22Cl2N2O2S/c17-16(18)11-13(16)12-19-14-6-5-7-15(10-14)23(21,22)20-8-3-1-2-4-9-20/h5-7,10,13,19H,1-4,8-9,11-12H2/t13-/m1/s1. The molecule has 0 unspecified atom stereocenters. The lowest BCUT2D eigenvalue weighted by molar-refractivity contribution is 0.424. The van der Waals surface area contributed by atoms with E-state index in [1.165, 1.54) is 0 Å². The van der Waals surface area contributed by atoms with Crippen LogP contribution < -0.4 is 5.32 Å². The Balaban J connectivity index is 1.70. The summed E-state index contributed by atoms with van der Waals surface area (Å²) in [7, 11) is -3.41. The van der Waals surface area contributed by atoms with Crippen molar-refractivity contribution in [3.8, 4) is 0 Å². The fourth-order valence-corrected chi connectivity index (χ4v) is 5.02. The molecule has 7 heteroatoms. The van der Waals surface area contributed by atoms with Crippen molar-refractivity contribution >= 4 is 38.9 Å². The second-order valence-corrected chi connectivity index (χ2v) is 9.87. The van der Waals surface area contributed by atoms with E-state index >= 15 is 0 Å². The van der Waals surface area contributed by atoms with Gasteiger partial charge in [-0.3, -0.25) is 0 Å². The average Bonchev–Trinajstić information content (AvgIpc) is 3.22. The van der Waals surface area contributed by atoms with Gasteiger partial charge in [0.15, 0.2) is 0 Å². The molecular formula is C16H22Cl2N2O2S. The van der Waals surface area contributed by atoms with Crippen molar-refractivity contribution in [3.05, 3.63) is 24.3 Å². The van der Waals surface area contributed by atoms with Crippen LogP contribution in [0.3, 0.4) is 0 Å². The highest BCUT2D eigenvalue weighted by molar-refractivity contribution is 7.89. The second kappa shape index (κ2) is 6.79. The van der Waals surface area contributed by atoms with E-state index < -0.39 is 14.4 Å². The molecule has 1 atom stereocenters. The van der Waals surface area contributed by atoms with Crippen molar-refractivity contribution in [1.29, 1.82) is 0 Å². The Morgan fingerprint density at radius 1 is 1.17 bits per heavy atom. The van der Waals surface area contributed by atoms with Crippen LogP contribution in [0.1, 0.15) is 32.1 Å². The lowest BCUT2D eigenvalue weighted by Crippen LogP contribution is -2.31. The highest BCUT2D eigenvalue weighted by atomic mass is 35.5. The molecule has 0 amide bonds. The number of halogens is 2. The first-order valence-electron chi connectivity index (χ1n) is 8.11. The third-order valence-electron chi connectivity index (χ3n) is 4.55. The maximum Gasteiger partial charge on any atom is 0.243 e. The van der Waals surface area contributed by atoms with Crippen molar-refractivity contribution in [2.75, 3.05) is 25.0 Å². The van der Waals surface area contributed by atoms with E-state index in [1.807, 2.05) is 6.07 Å². The quantitative estimate of drug-likeness (QED) is 0.793. The molecule has 0 spiro atoms. The molecule has 4 nitrogen and oxygen atoms in total. The first-order valence-corrected chi connectivity index (χ1v) is 10.3. The molecule has 2 fully saturated rings. The Bertz CT molecular complexity index is 656. The monoisotopic (exact) mass is 376 g/mol. The van der Waals surface area contributed by atoms with Crippen molar-refractivity contribution in [2.45, 2.75) is 41.3 Å². The Kier molecular flexibility index (Phi) is 5.12. The smallest absolute Gasteiger partial charge is 0.243 e. The molecule has 1 aliphatic carbocycles. The van der Waals surface area contributed by atoms with Gasteiger partial charge in [-0.2, -0.15) is 4.31 Å². The molecule has 0 radical (unpaired) electrons. The largest absolute Gasteiger partial charge is 0.385 e. The summed E-state index contributed by atoms with van der Waals surface area (Å²) in [6, 6.07) is 7.01. The SMILES string of the molecule is O=S(=O)(c1cccc(NC[C@H]2CC2(Cl)Cl)c1)N1CCCCCC1. The molecule has 23 heavy (non-hydrogen) atoms. The van der Waals surface area contributed by atoms with Crippen LogP contribution in [0.25, 0.3) is 0 Å². The van der Waals surface area contributed by atoms with Gasteiger partial charge in [0.25, 0.3) is 0 Å². The molecule has 128 valence electrons. The molecule has 1 saturated carbocycles. The molecule has 0 aromatic heterocycles. The van der Waals surface area contributed by atoms with Crippen molar-refractivity contribution in [2.24, 2.45) is 5.92 Å². The van der Waals surface area contributed by atoms with Gasteiger partial charge in [0.2, 0.25) is 10.0 Å². The number of anilines is 1. The topological polar surface area (TPSA) is 49.4 Å². The van der Waals surface area contributed by atoms with Gasteiger partial charge < -0.3 is 5.32 Å². The summed E-state index contributed by atoms with van der Waals surface area (Å²) in [5.41, 5.74) is 0.789.